The summed E-state index contributed by atoms with van der Waals surface area (Å²) in [5.74, 6) is -1.45. The molecule has 2 aromatic rings. The Morgan fingerprint density at radius 3 is 2.42 bits per heavy atom. The summed E-state index contributed by atoms with van der Waals surface area (Å²) in [6.45, 7) is -0.128. The lowest BCUT2D eigenvalue weighted by molar-refractivity contribution is -0.131. The zero-order valence-electron chi connectivity index (χ0n) is 18.8. The minimum absolute atomic E-state index is 0.128. The summed E-state index contributed by atoms with van der Waals surface area (Å²) < 4.78 is 0. The van der Waals surface area contributed by atoms with Crippen molar-refractivity contribution in [1.82, 2.24) is 15.5 Å². The second-order valence-corrected chi connectivity index (χ2v) is 8.71. The van der Waals surface area contributed by atoms with Crippen LogP contribution in [0.25, 0.3) is 0 Å². The minimum Gasteiger partial charge on any atom is -0.347 e. The third kappa shape index (κ3) is 4.74. The second-order valence-electron chi connectivity index (χ2n) is 8.71. The van der Waals surface area contributed by atoms with Crippen molar-refractivity contribution in [1.29, 1.82) is 0 Å². The predicted molar refractivity (Wildman–Crippen MR) is 123 cm³/mol. The molecule has 0 spiro atoms. The molecule has 1 fully saturated rings. The Hall–Kier alpha value is -3.68. The van der Waals surface area contributed by atoms with E-state index in [9.17, 15) is 19.2 Å². The van der Waals surface area contributed by atoms with E-state index in [1.807, 2.05) is 54.6 Å². The van der Waals surface area contributed by atoms with Crippen LogP contribution in [-0.4, -0.2) is 61.3 Å². The average molecular weight is 449 g/mol. The fourth-order valence-corrected chi connectivity index (χ4v) is 4.44. The molecule has 4 rings (SSSR count). The number of para-hydroxylation sites is 1. The van der Waals surface area contributed by atoms with Crippen LogP contribution in [0.2, 0.25) is 0 Å². The Morgan fingerprint density at radius 2 is 1.76 bits per heavy atom. The van der Waals surface area contributed by atoms with E-state index in [2.05, 4.69) is 10.6 Å². The van der Waals surface area contributed by atoms with Gasteiger partial charge in [-0.2, -0.15) is 0 Å². The Labute approximate surface area is 192 Å². The first kappa shape index (κ1) is 22.5. The molecule has 2 aliphatic heterocycles. The number of amides is 4. The van der Waals surface area contributed by atoms with Gasteiger partial charge in [-0.05, 0) is 30.0 Å². The van der Waals surface area contributed by atoms with Gasteiger partial charge in [-0.3, -0.25) is 19.2 Å². The highest BCUT2D eigenvalue weighted by molar-refractivity contribution is 6.05. The highest BCUT2D eigenvalue weighted by Crippen LogP contribution is 2.35. The van der Waals surface area contributed by atoms with Gasteiger partial charge in [-0.25, -0.2) is 0 Å². The zero-order valence-corrected chi connectivity index (χ0v) is 18.8. The van der Waals surface area contributed by atoms with Crippen LogP contribution in [0.1, 0.15) is 29.9 Å². The van der Waals surface area contributed by atoms with E-state index in [4.69, 9.17) is 0 Å². The number of fused-ring (bicyclic) bond motifs is 1. The molecule has 0 saturated carbocycles. The summed E-state index contributed by atoms with van der Waals surface area (Å²) in [5, 5.41) is 5.58. The van der Waals surface area contributed by atoms with Crippen molar-refractivity contribution in [2.24, 2.45) is 0 Å². The molecule has 8 nitrogen and oxygen atoms in total. The minimum atomic E-state index is -0.889. The molecular weight excluding hydrogens is 420 g/mol. The van der Waals surface area contributed by atoms with Crippen LogP contribution < -0.4 is 15.5 Å². The molecule has 0 bridgehead atoms. The van der Waals surface area contributed by atoms with Crippen LogP contribution in [0.15, 0.2) is 54.6 Å². The van der Waals surface area contributed by atoms with E-state index in [1.54, 1.807) is 14.1 Å². The lowest BCUT2D eigenvalue weighted by atomic mass is 9.86. The number of carbonyl (C=O) groups is 4. The van der Waals surface area contributed by atoms with E-state index in [0.717, 1.165) is 11.1 Å². The lowest BCUT2D eigenvalue weighted by Gasteiger charge is -2.30. The normalized spacial score (nSPS) is 22.2. The molecule has 2 aliphatic rings. The standard InChI is InChI=1S/C25H28N4O4/c1-28(2)22(31)15-29-20-11-7-6-10-17(20)14-18(16-8-4-3-5-9-16)23(25(29)33)27-24(32)19-12-13-21(30)26-19/h3-11,18-19,23H,12-15H2,1-2H3,(H,26,30)(H,27,32)/t18-,19-,23-/m0/s1. The molecular formula is C25H28N4O4. The molecule has 4 amide bonds. The maximum Gasteiger partial charge on any atom is 0.250 e. The Balaban J connectivity index is 1.74. The quantitative estimate of drug-likeness (QED) is 0.718. The fraction of sp³-hybridized carbons (Fsp3) is 0.360. The van der Waals surface area contributed by atoms with E-state index >= 15 is 0 Å². The van der Waals surface area contributed by atoms with Gasteiger partial charge < -0.3 is 20.4 Å². The molecule has 2 heterocycles. The van der Waals surface area contributed by atoms with E-state index in [-0.39, 0.29) is 42.5 Å². The number of hydrogen-bond acceptors (Lipinski definition) is 4. The molecule has 33 heavy (non-hydrogen) atoms. The monoisotopic (exact) mass is 448 g/mol. The summed E-state index contributed by atoms with van der Waals surface area (Å²) in [6.07, 6.45) is 1.19. The van der Waals surface area contributed by atoms with E-state index in [1.165, 1.54) is 9.80 Å². The molecule has 0 aliphatic carbocycles. The van der Waals surface area contributed by atoms with Gasteiger partial charge in [0, 0.05) is 32.1 Å². The van der Waals surface area contributed by atoms with Gasteiger partial charge in [-0.15, -0.1) is 0 Å². The first-order valence-corrected chi connectivity index (χ1v) is 11.1. The van der Waals surface area contributed by atoms with Crippen LogP contribution in [-0.2, 0) is 25.6 Å². The van der Waals surface area contributed by atoms with Crippen LogP contribution >= 0.6 is 0 Å². The first-order valence-electron chi connectivity index (χ1n) is 11.1. The van der Waals surface area contributed by atoms with Gasteiger partial charge in [0.1, 0.15) is 18.6 Å². The fourth-order valence-electron chi connectivity index (χ4n) is 4.44. The number of likely N-dealkylation sites (N-methyl/N-ethyl adjacent to an activating group) is 1. The molecule has 0 unspecified atom stereocenters. The van der Waals surface area contributed by atoms with Gasteiger partial charge in [-0.1, -0.05) is 48.5 Å². The number of anilines is 1. The van der Waals surface area contributed by atoms with Gasteiger partial charge in [0.25, 0.3) is 5.91 Å². The molecule has 2 aromatic carbocycles. The topological polar surface area (TPSA) is 98.8 Å². The Morgan fingerprint density at radius 1 is 1.06 bits per heavy atom. The number of nitrogens with one attached hydrogen (secondary N) is 2. The zero-order chi connectivity index (χ0) is 23.5. The predicted octanol–water partition coefficient (Wildman–Crippen LogP) is 1.21. The summed E-state index contributed by atoms with van der Waals surface area (Å²) >= 11 is 0. The van der Waals surface area contributed by atoms with Crippen molar-refractivity contribution < 1.29 is 19.2 Å². The summed E-state index contributed by atoms with van der Waals surface area (Å²) in [5.41, 5.74) is 2.52. The van der Waals surface area contributed by atoms with Gasteiger partial charge >= 0.3 is 0 Å². The summed E-state index contributed by atoms with van der Waals surface area (Å²) in [7, 11) is 3.29. The summed E-state index contributed by atoms with van der Waals surface area (Å²) in [4.78, 5) is 54.1. The van der Waals surface area contributed by atoms with Crippen molar-refractivity contribution in [3.8, 4) is 0 Å². The molecule has 1 saturated heterocycles. The molecule has 8 heteroatoms. The Bertz CT molecular complexity index is 1070. The summed E-state index contributed by atoms with van der Waals surface area (Å²) in [6, 6.07) is 15.6. The number of hydrogen-bond donors (Lipinski definition) is 2. The van der Waals surface area contributed by atoms with Crippen LogP contribution in [0.5, 0.6) is 0 Å². The van der Waals surface area contributed by atoms with Crippen molar-refractivity contribution in [3.05, 3.63) is 65.7 Å². The number of nitrogens with zero attached hydrogens (tertiary/aromatic N) is 2. The second kappa shape index (κ2) is 9.44. The highest BCUT2D eigenvalue weighted by Gasteiger charge is 2.41. The largest absolute Gasteiger partial charge is 0.347 e. The van der Waals surface area contributed by atoms with Crippen molar-refractivity contribution >= 4 is 29.3 Å². The smallest absolute Gasteiger partial charge is 0.250 e. The average Bonchev–Trinajstić information content (AvgIpc) is 3.22. The highest BCUT2D eigenvalue weighted by atomic mass is 16.2. The van der Waals surface area contributed by atoms with Gasteiger partial charge in [0.15, 0.2) is 0 Å². The molecule has 0 aromatic heterocycles. The Kier molecular flexibility index (Phi) is 6.44. The third-order valence-electron chi connectivity index (χ3n) is 6.29. The van der Waals surface area contributed by atoms with Gasteiger partial charge in [0.05, 0.1) is 0 Å². The van der Waals surface area contributed by atoms with Crippen molar-refractivity contribution in [2.75, 3.05) is 25.5 Å². The van der Waals surface area contributed by atoms with E-state index in [0.29, 0.717) is 18.5 Å². The van der Waals surface area contributed by atoms with Gasteiger partial charge in [0.2, 0.25) is 17.7 Å². The van der Waals surface area contributed by atoms with Crippen LogP contribution in [0.4, 0.5) is 5.69 Å². The number of carbonyl (C=O) groups excluding carboxylic acids is 4. The van der Waals surface area contributed by atoms with E-state index < -0.39 is 12.1 Å². The molecule has 172 valence electrons. The maximum atomic E-state index is 13.9. The third-order valence-corrected chi connectivity index (χ3v) is 6.29. The number of rotatable bonds is 5. The van der Waals surface area contributed by atoms with Crippen LogP contribution in [0.3, 0.4) is 0 Å². The van der Waals surface area contributed by atoms with Crippen molar-refractivity contribution in [2.45, 2.75) is 37.3 Å². The maximum absolute atomic E-state index is 13.9. The lowest BCUT2D eigenvalue weighted by Crippen LogP contribution is -2.55. The first-order chi connectivity index (χ1) is 15.8. The van der Waals surface area contributed by atoms with Crippen LogP contribution in [0, 0.1) is 0 Å². The molecule has 0 radical (unpaired) electrons. The van der Waals surface area contributed by atoms with Crippen molar-refractivity contribution in [3.63, 3.8) is 0 Å². The number of benzene rings is 2. The molecule has 3 atom stereocenters. The molecule has 2 N–H and O–H groups in total. The SMILES string of the molecule is CN(C)C(=O)CN1C(=O)[C@@H](NC(=O)[C@@H]2CCC(=O)N2)[C@H](c2ccccc2)Cc2ccccc21.